The second kappa shape index (κ2) is 9.03. The van der Waals surface area contributed by atoms with Crippen LogP contribution in [0.25, 0.3) is 33.4 Å². The smallest absolute Gasteiger partial charge is 0.260 e. The number of aryl methyl sites for hydroxylation is 1. The lowest BCUT2D eigenvalue weighted by atomic mass is 9.34. The normalized spacial score (nSPS) is 12.5. The molecule has 0 atom stereocenters. The number of hydrogen-bond donors (Lipinski definition) is 0. The molecule has 2 heterocycles. The number of benzene rings is 6. The third-order valence-corrected chi connectivity index (χ3v) is 8.15. The standard InChI is InChI=1S/C37H25BO2/c1-24-11-8-9-16-29(24)27-19-20-33-32(21-27)38-31-18-10-17-30(26-14-6-3-7-15-26)37(31)40-35-23-28(22-34(39-33)36(35)38)25-12-4-2-5-13-25/h2-23H,1H3. The van der Waals surface area contributed by atoms with Crippen molar-refractivity contribution in [3.63, 3.8) is 0 Å². The van der Waals surface area contributed by atoms with Crippen LogP contribution in [0.2, 0.25) is 0 Å². The summed E-state index contributed by atoms with van der Waals surface area (Å²) in [6.45, 7) is 2.16. The Bertz CT molecular complexity index is 1910. The minimum atomic E-state index is -0.00467. The summed E-state index contributed by atoms with van der Waals surface area (Å²) in [5.41, 5.74) is 11.5. The van der Waals surface area contributed by atoms with Gasteiger partial charge in [0.1, 0.15) is 23.0 Å². The average Bonchev–Trinajstić information content (AvgIpc) is 3.01. The fourth-order valence-electron chi connectivity index (χ4n) is 6.23. The predicted molar refractivity (Wildman–Crippen MR) is 165 cm³/mol. The number of para-hydroxylation sites is 1. The first kappa shape index (κ1) is 22.9. The molecule has 0 saturated heterocycles. The zero-order valence-corrected chi connectivity index (χ0v) is 22.1. The van der Waals surface area contributed by atoms with Crippen molar-refractivity contribution in [2.24, 2.45) is 0 Å². The highest BCUT2D eigenvalue weighted by atomic mass is 16.5. The Morgan fingerprint density at radius 3 is 1.90 bits per heavy atom. The summed E-state index contributed by atoms with van der Waals surface area (Å²) in [5.74, 6) is 3.51. The Balaban J connectivity index is 1.39. The first-order valence-corrected chi connectivity index (χ1v) is 13.7. The molecule has 0 saturated carbocycles. The molecule has 2 aliphatic rings. The summed E-state index contributed by atoms with van der Waals surface area (Å²) in [6.07, 6.45) is 0. The van der Waals surface area contributed by atoms with Gasteiger partial charge in [0.2, 0.25) is 0 Å². The van der Waals surface area contributed by atoms with Gasteiger partial charge in [-0.2, -0.15) is 0 Å². The van der Waals surface area contributed by atoms with Crippen LogP contribution in [-0.2, 0) is 0 Å². The van der Waals surface area contributed by atoms with Gasteiger partial charge in [0.05, 0.1) is 0 Å². The molecule has 0 spiro atoms. The molecule has 40 heavy (non-hydrogen) atoms. The quantitative estimate of drug-likeness (QED) is 0.226. The molecule has 0 amide bonds. The molecule has 6 aromatic rings. The maximum atomic E-state index is 6.84. The number of rotatable bonds is 3. The van der Waals surface area contributed by atoms with Crippen LogP contribution in [0.1, 0.15) is 5.56 Å². The topological polar surface area (TPSA) is 18.5 Å². The molecule has 0 N–H and O–H groups in total. The van der Waals surface area contributed by atoms with E-state index in [0.717, 1.165) is 61.6 Å². The lowest BCUT2D eigenvalue weighted by Crippen LogP contribution is -2.57. The Morgan fingerprint density at radius 1 is 0.450 bits per heavy atom. The Morgan fingerprint density at radius 2 is 1.12 bits per heavy atom. The maximum absolute atomic E-state index is 6.84. The second-order valence-electron chi connectivity index (χ2n) is 10.5. The number of ether oxygens (including phenoxy) is 2. The monoisotopic (exact) mass is 512 g/mol. The zero-order valence-electron chi connectivity index (χ0n) is 22.1. The third kappa shape index (κ3) is 3.59. The molecule has 0 radical (unpaired) electrons. The van der Waals surface area contributed by atoms with E-state index in [0.29, 0.717) is 0 Å². The second-order valence-corrected chi connectivity index (χ2v) is 10.5. The van der Waals surface area contributed by atoms with Gasteiger partial charge in [-0.1, -0.05) is 115 Å². The fourth-order valence-corrected chi connectivity index (χ4v) is 6.23. The van der Waals surface area contributed by atoms with Gasteiger partial charge in [0.25, 0.3) is 6.71 Å². The summed E-state index contributed by atoms with van der Waals surface area (Å²) in [4.78, 5) is 0. The molecule has 2 aliphatic heterocycles. The van der Waals surface area contributed by atoms with Gasteiger partial charge in [-0.15, -0.1) is 0 Å². The van der Waals surface area contributed by atoms with E-state index in [1.165, 1.54) is 16.7 Å². The zero-order chi connectivity index (χ0) is 26.6. The highest BCUT2D eigenvalue weighted by molar-refractivity contribution is 6.98. The Kier molecular flexibility index (Phi) is 5.18. The van der Waals surface area contributed by atoms with E-state index in [1.54, 1.807) is 0 Å². The summed E-state index contributed by atoms with van der Waals surface area (Å²) >= 11 is 0. The van der Waals surface area contributed by atoms with Gasteiger partial charge in [0.15, 0.2) is 0 Å². The summed E-state index contributed by atoms with van der Waals surface area (Å²) in [7, 11) is 0. The van der Waals surface area contributed by atoms with Gasteiger partial charge in [-0.3, -0.25) is 0 Å². The van der Waals surface area contributed by atoms with Crippen molar-refractivity contribution in [2.45, 2.75) is 6.92 Å². The number of hydrogen-bond acceptors (Lipinski definition) is 2. The van der Waals surface area contributed by atoms with Crippen LogP contribution in [0.4, 0.5) is 0 Å². The minimum Gasteiger partial charge on any atom is -0.458 e. The molecule has 188 valence electrons. The summed E-state index contributed by atoms with van der Waals surface area (Å²) in [6, 6.07) is 46.9. The van der Waals surface area contributed by atoms with Crippen molar-refractivity contribution in [2.75, 3.05) is 0 Å². The first-order valence-electron chi connectivity index (χ1n) is 13.7. The van der Waals surface area contributed by atoms with Crippen LogP contribution in [0.5, 0.6) is 23.0 Å². The molecule has 3 heteroatoms. The van der Waals surface area contributed by atoms with E-state index in [4.69, 9.17) is 9.47 Å². The highest BCUT2D eigenvalue weighted by Gasteiger charge is 2.41. The molecule has 0 fully saturated rings. The average molecular weight is 512 g/mol. The maximum Gasteiger partial charge on any atom is 0.260 e. The predicted octanol–water partition coefficient (Wildman–Crippen LogP) is 7.72. The van der Waals surface area contributed by atoms with Crippen molar-refractivity contribution in [1.82, 2.24) is 0 Å². The molecule has 0 aliphatic carbocycles. The molecule has 0 bridgehead atoms. The van der Waals surface area contributed by atoms with Crippen LogP contribution in [-0.4, -0.2) is 6.71 Å². The van der Waals surface area contributed by atoms with E-state index in [9.17, 15) is 0 Å². The summed E-state index contributed by atoms with van der Waals surface area (Å²) < 4.78 is 13.5. The first-order chi connectivity index (χ1) is 19.7. The van der Waals surface area contributed by atoms with Gasteiger partial charge in [-0.05, 0) is 69.4 Å². The number of fused-ring (bicyclic) bond motifs is 4. The van der Waals surface area contributed by atoms with Crippen molar-refractivity contribution in [3.8, 4) is 56.4 Å². The van der Waals surface area contributed by atoms with Crippen LogP contribution in [0.3, 0.4) is 0 Å². The van der Waals surface area contributed by atoms with Crippen LogP contribution < -0.4 is 25.9 Å². The van der Waals surface area contributed by atoms with E-state index in [2.05, 4.69) is 134 Å². The van der Waals surface area contributed by atoms with Gasteiger partial charge in [0, 0.05) is 11.0 Å². The highest BCUT2D eigenvalue weighted by Crippen LogP contribution is 2.41. The largest absolute Gasteiger partial charge is 0.458 e. The van der Waals surface area contributed by atoms with Crippen LogP contribution in [0, 0.1) is 6.92 Å². The lowest BCUT2D eigenvalue weighted by molar-refractivity contribution is 0.466. The molecule has 0 unspecified atom stereocenters. The van der Waals surface area contributed by atoms with Crippen molar-refractivity contribution >= 4 is 23.1 Å². The van der Waals surface area contributed by atoms with Crippen LogP contribution in [0.15, 0.2) is 133 Å². The van der Waals surface area contributed by atoms with E-state index in [1.807, 2.05) is 6.07 Å². The van der Waals surface area contributed by atoms with Crippen molar-refractivity contribution in [3.05, 3.63) is 139 Å². The molecule has 6 aromatic carbocycles. The Labute approximate surface area is 234 Å². The van der Waals surface area contributed by atoms with E-state index >= 15 is 0 Å². The molecule has 2 nitrogen and oxygen atoms in total. The van der Waals surface area contributed by atoms with E-state index < -0.39 is 0 Å². The summed E-state index contributed by atoms with van der Waals surface area (Å²) in [5, 5.41) is 0. The molecular weight excluding hydrogens is 487 g/mol. The SMILES string of the molecule is Cc1ccccc1-c1ccc2c(c1)B1c3cccc(-c4ccccc4)c3Oc3cc(-c4ccccc4)cc(c31)O2. The fraction of sp³-hybridized carbons (Fsp3) is 0.0270. The molecule has 8 rings (SSSR count). The van der Waals surface area contributed by atoms with Gasteiger partial charge >= 0.3 is 0 Å². The third-order valence-electron chi connectivity index (χ3n) is 8.15. The molecule has 0 aromatic heterocycles. The van der Waals surface area contributed by atoms with Crippen molar-refractivity contribution in [1.29, 1.82) is 0 Å². The minimum absolute atomic E-state index is 0.00467. The van der Waals surface area contributed by atoms with Crippen molar-refractivity contribution < 1.29 is 9.47 Å². The molecular formula is C37H25BO2. The van der Waals surface area contributed by atoms with Crippen LogP contribution >= 0.6 is 0 Å². The Hall–Kier alpha value is -5.02. The van der Waals surface area contributed by atoms with Gasteiger partial charge < -0.3 is 9.47 Å². The lowest BCUT2D eigenvalue weighted by Gasteiger charge is -2.34. The van der Waals surface area contributed by atoms with E-state index in [-0.39, 0.29) is 6.71 Å². The van der Waals surface area contributed by atoms with Gasteiger partial charge in [-0.25, -0.2) is 0 Å².